The van der Waals surface area contributed by atoms with Crippen LogP contribution < -0.4 is 5.32 Å². The van der Waals surface area contributed by atoms with Crippen molar-refractivity contribution >= 4 is 40.3 Å². The van der Waals surface area contributed by atoms with Crippen molar-refractivity contribution in [3.8, 4) is 0 Å². The molecular weight excluding hydrogens is 754 g/mol. The highest BCUT2D eigenvalue weighted by atomic mass is 16.6. The van der Waals surface area contributed by atoms with Crippen LogP contribution in [0.15, 0.2) is 21.9 Å². The van der Waals surface area contributed by atoms with Crippen LogP contribution in [0.2, 0.25) is 0 Å². The van der Waals surface area contributed by atoms with Gasteiger partial charge in [-0.05, 0) is 132 Å². The summed E-state index contributed by atoms with van der Waals surface area (Å²) in [4.78, 5) is 51.4. The molecule has 4 fully saturated rings. The molecular formula is C40H57N7O11. The predicted octanol–water partition coefficient (Wildman–Crippen LogP) is 7.26. The van der Waals surface area contributed by atoms with Crippen LogP contribution in [0.1, 0.15) is 97.8 Å². The SMILES string of the molecule is C[C@H](CCC(=O)OCCOCCOCCN=[N+]=[N-])C1CC[C@H]2[C@@H]3CC[C@@H]4C[C@H](OC(=O)[C@H](CC(=O)O)Nc5ccc([N+](=O)[O-])c6nonc56)CC[C@]4(C)[C@H]3CC[C@]12C. The Bertz CT molecular complexity index is 1840. The average Bonchev–Trinajstić information content (AvgIpc) is 3.83. The Labute approximate surface area is 337 Å². The molecule has 0 spiro atoms. The average molecular weight is 812 g/mol. The molecule has 1 aromatic carbocycles. The molecule has 4 aliphatic carbocycles. The fraction of sp³-hybridized carbons (Fsp3) is 0.775. The van der Waals surface area contributed by atoms with E-state index in [2.05, 4.69) is 46.4 Å². The van der Waals surface area contributed by atoms with Crippen LogP contribution in [0, 0.1) is 56.5 Å². The van der Waals surface area contributed by atoms with E-state index in [1.54, 1.807) is 0 Å². The number of carboxylic acids is 1. The molecule has 0 amide bonds. The minimum absolute atomic E-state index is 0.0215. The molecule has 58 heavy (non-hydrogen) atoms. The first-order chi connectivity index (χ1) is 27.9. The largest absolute Gasteiger partial charge is 0.481 e. The van der Waals surface area contributed by atoms with Gasteiger partial charge in [0.15, 0.2) is 5.52 Å². The molecule has 1 aromatic heterocycles. The fourth-order valence-corrected chi connectivity index (χ4v) is 11.5. The lowest BCUT2D eigenvalue weighted by Crippen LogP contribution is -2.54. The van der Waals surface area contributed by atoms with E-state index in [0.717, 1.165) is 32.1 Å². The van der Waals surface area contributed by atoms with Crippen LogP contribution in [0.4, 0.5) is 11.4 Å². The molecule has 4 saturated carbocycles. The molecule has 18 nitrogen and oxygen atoms in total. The molecule has 2 N–H and O–H groups in total. The first kappa shape index (κ1) is 43.0. The monoisotopic (exact) mass is 811 g/mol. The van der Waals surface area contributed by atoms with Crippen LogP contribution in [-0.2, 0) is 33.3 Å². The van der Waals surface area contributed by atoms with Gasteiger partial charge in [0.1, 0.15) is 18.8 Å². The quantitative estimate of drug-likeness (QED) is 0.0254. The number of non-ortho nitro benzene ring substituents is 1. The van der Waals surface area contributed by atoms with Crippen LogP contribution in [0.25, 0.3) is 21.5 Å². The van der Waals surface area contributed by atoms with E-state index in [-0.39, 0.29) is 58.5 Å². The van der Waals surface area contributed by atoms with Gasteiger partial charge in [0, 0.05) is 23.9 Å². The zero-order chi connectivity index (χ0) is 41.5. The number of fused-ring (bicyclic) bond motifs is 6. The van der Waals surface area contributed by atoms with Gasteiger partial charge in [-0.1, -0.05) is 25.9 Å². The summed E-state index contributed by atoms with van der Waals surface area (Å²) < 4.78 is 27.0. The van der Waals surface area contributed by atoms with E-state index in [0.29, 0.717) is 74.8 Å². The molecule has 18 heteroatoms. The summed E-state index contributed by atoms with van der Waals surface area (Å²) in [6.07, 6.45) is 9.63. The lowest BCUT2D eigenvalue weighted by Gasteiger charge is -2.61. The molecule has 0 radical (unpaired) electrons. The van der Waals surface area contributed by atoms with Crippen molar-refractivity contribution in [2.45, 2.75) is 110 Å². The number of nitro groups is 1. The third-order valence-corrected chi connectivity index (χ3v) is 14.3. The summed E-state index contributed by atoms with van der Waals surface area (Å²) in [5.41, 5.74) is 8.42. The van der Waals surface area contributed by atoms with Gasteiger partial charge in [-0.2, -0.15) is 0 Å². The first-order valence-electron chi connectivity index (χ1n) is 20.8. The van der Waals surface area contributed by atoms with E-state index < -0.39 is 29.3 Å². The van der Waals surface area contributed by atoms with Gasteiger partial charge in [0.2, 0.25) is 5.52 Å². The number of aliphatic carboxylic acids is 1. The topological polar surface area (TPSA) is 251 Å². The highest BCUT2D eigenvalue weighted by Crippen LogP contribution is 2.68. The normalized spacial score (nSPS) is 29.8. The number of hydrogen-bond acceptors (Lipinski definition) is 14. The van der Waals surface area contributed by atoms with Gasteiger partial charge in [0.05, 0.1) is 43.5 Å². The summed E-state index contributed by atoms with van der Waals surface area (Å²) in [7, 11) is 0. The second-order valence-corrected chi connectivity index (χ2v) is 17.3. The van der Waals surface area contributed by atoms with Crippen molar-refractivity contribution < 1.29 is 48.0 Å². The summed E-state index contributed by atoms with van der Waals surface area (Å²) in [6, 6.07) is 1.31. The predicted molar refractivity (Wildman–Crippen MR) is 208 cm³/mol. The van der Waals surface area contributed by atoms with E-state index in [1.807, 2.05) is 0 Å². The van der Waals surface area contributed by atoms with Crippen molar-refractivity contribution in [2.24, 2.45) is 51.5 Å². The molecule has 6 rings (SSSR count). The smallest absolute Gasteiger partial charge is 0.329 e. The number of carboxylic acid groups (broad SMARTS) is 1. The number of benzene rings is 1. The van der Waals surface area contributed by atoms with Gasteiger partial charge >= 0.3 is 23.6 Å². The molecule has 2 aromatic rings. The minimum atomic E-state index is -1.25. The molecule has 4 aliphatic rings. The van der Waals surface area contributed by atoms with Crippen LogP contribution >= 0.6 is 0 Å². The number of rotatable bonds is 20. The number of hydrogen-bond donors (Lipinski definition) is 2. The molecule has 0 bridgehead atoms. The van der Waals surface area contributed by atoms with Crippen molar-refractivity contribution in [1.29, 1.82) is 0 Å². The van der Waals surface area contributed by atoms with Crippen LogP contribution in [-0.4, -0.2) is 90.0 Å². The fourth-order valence-electron chi connectivity index (χ4n) is 11.5. The number of nitrogens with one attached hydrogen (secondary N) is 1. The maximum Gasteiger partial charge on any atom is 0.329 e. The molecule has 318 valence electrons. The molecule has 0 aliphatic heterocycles. The van der Waals surface area contributed by atoms with Crippen LogP contribution in [0.3, 0.4) is 0 Å². The Morgan fingerprint density at radius 1 is 1.02 bits per heavy atom. The van der Waals surface area contributed by atoms with E-state index in [9.17, 15) is 29.6 Å². The number of azide groups is 1. The molecule has 10 atom stereocenters. The van der Waals surface area contributed by atoms with Crippen LogP contribution in [0.5, 0.6) is 0 Å². The molecule has 0 saturated heterocycles. The lowest BCUT2D eigenvalue weighted by atomic mass is 9.44. The number of esters is 2. The molecule has 1 heterocycles. The van der Waals surface area contributed by atoms with E-state index in [4.69, 9.17) is 29.1 Å². The van der Waals surface area contributed by atoms with Gasteiger partial charge in [0.25, 0.3) is 0 Å². The Kier molecular flexibility index (Phi) is 14.1. The van der Waals surface area contributed by atoms with Gasteiger partial charge in [-0.3, -0.25) is 19.7 Å². The van der Waals surface area contributed by atoms with Gasteiger partial charge in [-0.15, -0.1) is 0 Å². The Morgan fingerprint density at radius 3 is 2.50 bits per heavy atom. The zero-order valence-corrected chi connectivity index (χ0v) is 33.7. The second-order valence-electron chi connectivity index (χ2n) is 17.3. The Morgan fingerprint density at radius 2 is 1.74 bits per heavy atom. The number of ether oxygens (including phenoxy) is 4. The standard InChI is InChI=1S/C40H57N7O11/c1-24(4-11-35(50)56-21-20-55-19-18-54-17-16-42-46-41)28-7-8-29-27-6-5-25-22-26(12-14-39(25,2)30(27)13-15-40(28,29)3)57-38(51)32(23-34(48)49)43-31-9-10-33(47(52)53)37-36(31)44-58-45-37/h9-10,24-30,32,43H,4-8,11-23H2,1-3H3,(H,48,49)/t24-,25-,26-,27+,28?,29+,30+,32+,39+,40-/m1/s1. The number of nitrogens with zero attached hydrogens (tertiary/aromatic N) is 6. The summed E-state index contributed by atoms with van der Waals surface area (Å²) >= 11 is 0. The third-order valence-electron chi connectivity index (χ3n) is 14.3. The van der Waals surface area contributed by atoms with Crippen molar-refractivity contribution in [3.63, 3.8) is 0 Å². The second kappa shape index (κ2) is 19.0. The van der Waals surface area contributed by atoms with E-state index >= 15 is 0 Å². The summed E-state index contributed by atoms with van der Waals surface area (Å²) in [5.74, 6) is 1.17. The van der Waals surface area contributed by atoms with Crippen molar-refractivity contribution in [2.75, 3.05) is 44.9 Å². The van der Waals surface area contributed by atoms with Gasteiger partial charge < -0.3 is 29.4 Å². The number of carbonyl (C=O) groups excluding carboxylic acids is 2. The number of nitro benzene ring substituents is 1. The maximum atomic E-state index is 13.6. The Balaban J connectivity index is 0.977. The molecule has 1 unspecified atom stereocenters. The van der Waals surface area contributed by atoms with E-state index in [1.165, 1.54) is 37.8 Å². The van der Waals surface area contributed by atoms with Crippen molar-refractivity contribution in [3.05, 3.63) is 32.7 Å². The zero-order valence-electron chi connectivity index (χ0n) is 33.7. The maximum absolute atomic E-state index is 13.6. The number of anilines is 1. The Hall–Kier alpha value is -4.54. The minimum Gasteiger partial charge on any atom is -0.481 e. The first-order valence-corrected chi connectivity index (χ1v) is 20.8. The summed E-state index contributed by atoms with van der Waals surface area (Å²) in [5, 5.41) is 34.7. The highest BCUT2D eigenvalue weighted by molar-refractivity contribution is 5.95. The number of aromatic nitrogens is 2. The third kappa shape index (κ3) is 9.50. The summed E-state index contributed by atoms with van der Waals surface area (Å²) in [6.45, 7) is 9.15. The highest BCUT2D eigenvalue weighted by Gasteiger charge is 2.60. The van der Waals surface area contributed by atoms with Gasteiger partial charge in [-0.25, -0.2) is 9.42 Å². The number of carbonyl (C=O) groups is 3. The lowest BCUT2D eigenvalue weighted by molar-refractivity contribution is -0.383. The van der Waals surface area contributed by atoms with Crippen molar-refractivity contribution in [1.82, 2.24) is 10.3 Å².